The first-order valence-corrected chi connectivity index (χ1v) is 7.29. The fourth-order valence-electron chi connectivity index (χ4n) is 2.71. The van der Waals surface area contributed by atoms with Gasteiger partial charge in [-0.25, -0.2) is 0 Å². The summed E-state index contributed by atoms with van der Waals surface area (Å²) in [7, 11) is 0. The lowest BCUT2D eigenvalue weighted by Gasteiger charge is -2.33. The van der Waals surface area contributed by atoms with Crippen LogP contribution in [-0.2, 0) is 0 Å². The molecule has 0 saturated carbocycles. The molecule has 0 radical (unpaired) electrons. The summed E-state index contributed by atoms with van der Waals surface area (Å²) in [4.78, 5) is 8.88. The Morgan fingerprint density at radius 1 is 1.05 bits per heavy atom. The summed E-state index contributed by atoms with van der Waals surface area (Å²) >= 11 is 0. The van der Waals surface area contributed by atoms with Crippen LogP contribution in [0.4, 0.5) is 0 Å². The van der Waals surface area contributed by atoms with Gasteiger partial charge in [-0.15, -0.1) is 0 Å². The molecule has 4 nitrogen and oxygen atoms in total. The molecule has 4 heteroatoms. The number of aliphatic hydroxyl groups excluding tert-OH is 1. The predicted octanol–water partition coefficient (Wildman–Crippen LogP) is 2.87. The van der Waals surface area contributed by atoms with E-state index in [0.717, 1.165) is 29.1 Å². The van der Waals surface area contributed by atoms with Crippen molar-refractivity contribution < 1.29 is 5.11 Å². The first-order chi connectivity index (χ1) is 9.97. The van der Waals surface area contributed by atoms with E-state index in [1.807, 2.05) is 24.3 Å². The van der Waals surface area contributed by atoms with Gasteiger partial charge in [-0.3, -0.25) is 9.97 Å². The van der Waals surface area contributed by atoms with Crippen molar-refractivity contribution in [3.05, 3.63) is 47.8 Å². The Hall–Kier alpha value is -1.78. The Kier molecular flexibility index (Phi) is 3.51. The fraction of sp³-hybridized carbons (Fsp3) is 0.412. The van der Waals surface area contributed by atoms with Gasteiger partial charge in [-0.1, -0.05) is 32.9 Å². The average Bonchev–Trinajstić information content (AvgIpc) is 2.46. The van der Waals surface area contributed by atoms with E-state index in [1.54, 1.807) is 12.4 Å². The van der Waals surface area contributed by atoms with Crippen molar-refractivity contribution in [2.45, 2.75) is 32.9 Å². The van der Waals surface area contributed by atoms with E-state index in [1.165, 1.54) is 0 Å². The molecular formula is C17H21N3O. The molecule has 110 valence electrons. The first-order valence-electron chi connectivity index (χ1n) is 7.29. The quantitative estimate of drug-likeness (QED) is 0.890. The van der Waals surface area contributed by atoms with E-state index in [9.17, 15) is 5.11 Å². The number of pyridine rings is 2. The van der Waals surface area contributed by atoms with Gasteiger partial charge in [0, 0.05) is 24.5 Å². The van der Waals surface area contributed by atoms with Crippen molar-refractivity contribution in [2.24, 2.45) is 5.41 Å². The number of hydrogen-bond donors (Lipinski definition) is 2. The Labute approximate surface area is 125 Å². The molecule has 1 aliphatic rings. The van der Waals surface area contributed by atoms with Crippen molar-refractivity contribution >= 4 is 0 Å². The number of fused-ring (bicyclic) bond motifs is 3. The van der Waals surface area contributed by atoms with Gasteiger partial charge in [0.1, 0.15) is 6.10 Å². The van der Waals surface area contributed by atoms with E-state index < -0.39 is 6.10 Å². The van der Waals surface area contributed by atoms with Crippen molar-refractivity contribution in [2.75, 3.05) is 6.54 Å². The number of aromatic nitrogens is 2. The summed E-state index contributed by atoms with van der Waals surface area (Å²) in [6.07, 6.45) is 2.91. The summed E-state index contributed by atoms with van der Waals surface area (Å²) in [5.74, 6) is 0. The lowest BCUT2D eigenvalue weighted by atomic mass is 9.85. The van der Waals surface area contributed by atoms with Gasteiger partial charge in [-0.2, -0.15) is 0 Å². The van der Waals surface area contributed by atoms with Crippen LogP contribution in [-0.4, -0.2) is 21.6 Å². The van der Waals surface area contributed by atoms with Crippen LogP contribution in [0.25, 0.3) is 11.4 Å². The molecule has 3 rings (SSSR count). The molecule has 0 saturated heterocycles. The number of nitrogens with one attached hydrogen (secondary N) is 1. The third kappa shape index (κ3) is 2.69. The van der Waals surface area contributed by atoms with Crippen LogP contribution >= 0.6 is 0 Å². The van der Waals surface area contributed by atoms with Crippen LogP contribution in [0, 0.1) is 5.41 Å². The second-order valence-corrected chi connectivity index (χ2v) is 6.75. The van der Waals surface area contributed by atoms with Crippen molar-refractivity contribution in [1.29, 1.82) is 0 Å². The molecule has 21 heavy (non-hydrogen) atoms. The smallest absolute Gasteiger partial charge is 0.101 e. The van der Waals surface area contributed by atoms with Gasteiger partial charge in [0.2, 0.25) is 0 Å². The minimum absolute atomic E-state index is 0.148. The number of aliphatic hydroxyl groups is 1. The van der Waals surface area contributed by atoms with Gasteiger partial charge in [-0.05, 0) is 23.1 Å². The topological polar surface area (TPSA) is 58.0 Å². The van der Waals surface area contributed by atoms with E-state index in [4.69, 9.17) is 0 Å². The Bertz CT molecular complexity index is 648. The molecular weight excluding hydrogens is 262 g/mol. The second-order valence-electron chi connectivity index (χ2n) is 6.75. The average molecular weight is 283 g/mol. The Balaban J connectivity index is 2.03. The zero-order valence-corrected chi connectivity index (χ0v) is 12.7. The van der Waals surface area contributed by atoms with Crippen molar-refractivity contribution in [3.8, 4) is 11.4 Å². The molecule has 2 aromatic rings. The number of rotatable bonds is 2. The van der Waals surface area contributed by atoms with Crippen LogP contribution in [0.1, 0.15) is 44.0 Å². The maximum atomic E-state index is 10.7. The molecule has 0 amide bonds. The lowest BCUT2D eigenvalue weighted by Crippen LogP contribution is -2.36. The Morgan fingerprint density at radius 2 is 1.62 bits per heavy atom. The highest BCUT2D eigenvalue weighted by Gasteiger charge is 2.34. The summed E-state index contributed by atoms with van der Waals surface area (Å²) in [5, 5.41) is 14.2. The monoisotopic (exact) mass is 283 g/mol. The van der Waals surface area contributed by atoms with Gasteiger partial charge < -0.3 is 10.4 Å². The minimum atomic E-state index is -0.604. The molecule has 0 aliphatic heterocycles. The van der Waals surface area contributed by atoms with Crippen molar-refractivity contribution in [1.82, 2.24) is 15.3 Å². The molecule has 0 fully saturated rings. The van der Waals surface area contributed by atoms with Crippen molar-refractivity contribution in [3.63, 3.8) is 0 Å². The summed E-state index contributed by atoms with van der Waals surface area (Å²) < 4.78 is 0. The fourth-order valence-corrected chi connectivity index (χ4v) is 2.71. The highest BCUT2D eigenvalue weighted by molar-refractivity contribution is 5.67. The van der Waals surface area contributed by atoms with Gasteiger partial charge in [0.25, 0.3) is 0 Å². The third-order valence-electron chi connectivity index (χ3n) is 3.72. The predicted molar refractivity (Wildman–Crippen MR) is 82.6 cm³/mol. The molecule has 2 N–H and O–H groups in total. The van der Waals surface area contributed by atoms with Gasteiger partial charge in [0.05, 0.1) is 17.4 Å². The van der Waals surface area contributed by atoms with Crippen LogP contribution in [0.15, 0.2) is 36.7 Å². The number of hydrogen-bond acceptors (Lipinski definition) is 4. The molecule has 0 bridgehead atoms. The molecule has 0 aromatic carbocycles. The third-order valence-corrected chi connectivity index (χ3v) is 3.72. The van der Waals surface area contributed by atoms with Gasteiger partial charge in [0.15, 0.2) is 0 Å². The zero-order valence-electron chi connectivity index (χ0n) is 12.7. The summed E-state index contributed by atoms with van der Waals surface area (Å²) in [6, 6.07) is 7.56. The molecule has 0 spiro atoms. The van der Waals surface area contributed by atoms with Crippen LogP contribution < -0.4 is 5.32 Å². The highest BCUT2D eigenvalue weighted by Crippen LogP contribution is 2.42. The summed E-state index contributed by atoms with van der Waals surface area (Å²) in [6.45, 7) is 7.34. The van der Waals surface area contributed by atoms with E-state index >= 15 is 0 Å². The normalized spacial score (nSPS) is 20.8. The first kappa shape index (κ1) is 14.2. The SMILES string of the molecule is CC(C)(C)CNC1c2cccnc2-c2ncccc2C1O. The van der Waals surface area contributed by atoms with Crippen LogP contribution in [0.3, 0.4) is 0 Å². The summed E-state index contributed by atoms with van der Waals surface area (Å²) in [5.41, 5.74) is 3.66. The van der Waals surface area contributed by atoms with Crippen LogP contribution in [0.2, 0.25) is 0 Å². The van der Waals surface area contributed by atoms with E-state index in [2.05, 4.69) is 36.1 Å². The van der Waals surface area contributed by atoms with E-state index in [-0.39, 0.29) is 11.5 Å². The molecule has 2 heterocycles. The number of nitrogens with zero attached hydrogens (tertiary/aromatic N) is 2. The maximum Gasteiger partial charge on any atom is 0.101 e. The highest BCUT2D eigenvalue weighted by atomic mass is 16.3. The Morgan fingerprint density at radius 3 is 2.24 bits per heavy atom. The molecule has 2 unspecified atom stereocenters. The largest absolute Gasteiger partial charge is 0.386 e. The zero-order chi connectivity index (χ0) is 15.0. The van der Waals surface area contributed by atoms with E-state index in [0.29, 0.717) is 0 Å². The lowest BCUT2D eigenvalue weighted by molar-refractivity contribution is 0.120. The van der Waals surface area contributed by atoms with Gasteiger partial charge >= 0.3 is 0 Å². The minimum Gasteiger partial charge on any atom is -0.386 e. The molecule has 2 aromatic heterocycles. The second kappa shape index (κ2) is 5.20. The molecule has 1 aliphatic carbocycles. The van der Waals surface area contributed by atoms with Crippen LogP contribution in [0.5, 0.6) is 0 Å². The maximum absolute atomic E-state index is 10.7. The standard InChI is InChI=1S/C17H21N3O/c1-17(2,3)10-20-15-11-6-4-8-18-13(11)14-12(16(15)21)7-5-9-19-14/h4-9,15-16,20-21H,10H2,1-3H3. The molecule has 2 atom stereocenters.